The van der Waals surface area contributed by atoms with Crippen LogP contribution < -0.4 is 10.6 Å². The van der Waals surface area contributed by atoms with Gasteiger partial charge in [0.25, 0.3) is 0 Å². The lowest BCUT2D eigenvalue weighted by Crippen LogP contribution is -2.52. The largest absolute Gasteiger partial charge is 0.388 e. The maximum atomic E-state index is 11.8. The Morgan fingerprint density at radius 1 is 1.58 bits per heavy atom. The number of aromatic nitrogens is 2. The van der Waals surface area contributed by atoms with Gasteiger partial charge in [0.1, 0.15) is 0 Å². The summed E-state index contributed by atoms with van der Waals surface area (Å²) in [6, 6.07) is -0.0293. The molecule has 6 heteroatoms. The van der Waals surface area contributed by atoms with E-state index < -0.39 is 5.60 Å². The summed E-state index contributed by atoms with van der Waals surface area (Å²) in [6.07, 6.45) is 7.12. The van der Waals surface area contributed by atoms with Gasteiger partial charge in [-0.2, -0.15) is 5.10 Å². The third-order valence-corrected chi connectivity index (χ3v) is 4.21. The maximum absolute atomic E-state index is 11.8. The van der Waals surface area contributed by atoms with Gasteiger partial charge in [0, 0.05) is 18.3 Å². The number of hydrogen-bond donors (Lipinski definition) is 4. The fraction of sp³-hybridized carbons (Fsp3) is 0.692. The predicted octanol–water partition coefficient (Wildman–Crippen LogP) is 0.481. The van der Waals surface area contributed by atoms with Crippen LogP contribution in [-0.4, -0.2) is 39.5 Å². The number of aromatic amines is 1. The molecule has 2 aliphatic carbocycles. The zero-order valence-electron chi connectivity index (χ0n) is 10.9. The van der Waals surface area contributed by atoms with Crippen LogP contribution in [0.3, 0.4) is 0 Å². The Kier molecular flexibility index (Phi) is 3.18. The van der Waals surface area contributed by atoms with Crippen LogP contribution >= 0.6 is 0 Å². The first-order valence-corrected chi connectivity index (χ1v) is 6.92. The van der Waals surface area contributed by atoms with Crippen LogP contribution in [0.4, 0.5) is 4.79 Å². The van der Waals surface area contributed by atoms with E-state index in [4.69, 9.17) is 0 Å². The Balaban J connectivity index is 1.45. The summed E-state index contributed by atoms with van der Waals surface area (Å²) in [5.41, 5.74) is 1.71. The van der Waals surface area contributed by atoms with Gasteiger partial charge in [-0.05, 0) is 44.1 Å². The zero-order valence-corrected chi connectivity index (χ0v) is 10.9. The molecule has 0 saturated heterocycles. The van der Waals surface area contributed by atoms with Crippen LogP contribution in [0.1, 0.15) is 36.9 Å². The third kappa shape index (κ3) is 2.73. The number of H-pyrrole nitrogens is 1. The van der Waals surface area contributed by atoms with Crippen molar-refractivity contribution in [2.75, 3.05) is 6.54 Å². The Hall–Kier alpha value is -1.56. The first kappa shape index (κ1) is 12.5. The highest BCUT2D eigenvalue weighted by Crippen LogP contribution is 2.30. The van der Waals surface area contributed by atoms with Gasteiger partial charge < -0.3 is 15.7 Å². The summed E-state index contributed by atoms with van der Waals surface area (Å²) in [5.74, 6) is 0. The van der Waals surface area contributed by atoms with E-state index in [1.807, 2.05) is 6.20 Å². The first-order chi connectivity index (χ1) is 9.15. The minimum Gasteiger partial charge on any atom is -0.388 e. The topological polar surface area (TPSA) is 90.0 Å². The molecule has 0 radical (unpaired) electrons. The number of fused-ring (bicyclic) bond motifs is 1. The molecule has 1 fully saturated rings. The van der Waals surface area contributed by atoms with Crippen LogP contribution in [-0.2, 0) is 12.8 Å². The number of rotatable bonds is 3. The van der Waals surface area contributed by atoms with Crippen LogP contribution in [0.15, 0.2) is 6.20 Å². The molecule has 2 aliphatic rings. The molecule has 1 heterocycles. The number of carbonyl (C=O) groups is 1. The van der Waals surface area contributed by atoms with E-state index in [0.29, 0.717) is 6.54 Å². The molecule has 19 heavy (non-hydrogen) atoms. The molecule has 1 saturated carbocycles. The van der Waals surface area contributed by atoms with Crippen molar-refractivity contribution in [3.63, 3.8) is 0 Å². The van der Waals surface area contributed by atoms with Crippen LogP contribution in [0, 0.1) is 0 Å². The molecule has 1 aromatic heterocycles. The second-order valence-electron chi connectivity index (χ2n) is 5.72. The lowest BCUT2D eigenvalue weighted by atomic mass is 9.80. The molecule has 6 nitrogen and oxygen atoms in total. The quantitative estimate of drug-likeness (QED) is 0.640. The Morgan fingerprint density at radius 3 is 3.16 bits per heavy atom. The monoisotopic (exact) mass is 264 g/mol. The summed E-state index contributed by atoms with van der Waals surface area (Å²) in [6.45, 7) is 0.350. The molecule has 0 aromatic carbocycles. The highest BCUT2D eigenvalue weighted by Gasteiger charge is 2.34. The average molecular weight is 264 g/mol. The zero-order chi connectivity index (χ0) is 13.3. The molecule has 3 rings (SSSR count). The standard InChI is InChI=1S/C13H20N4O2/c18-12(14-8-13(19)4-1-5-13)16-10-2-3-11-9(6-10)7-15-17-11/h7,10,19H,1-6,8H2,(H,15,17)(H2,14,16,18). The lowest BCUT2D eigenvalue weighted by molar-refractivity contribution is -0.0290. The number of carbonyl (C=O) groups excluding carboxylic acids is 1. The Morgan fingerprint density at radius 2 is 2.42 bits per heavy atom. The normalized spacial score (nSPS) is 24.2. The van der Waals surface area contributed by atoms with Gasteiger partial charge in [0.15, 0.2) is 0 Å². The van der Waals surface area contributed by atoms with Crippen molar-refractivity contribution in [2.24, 2.45) is 0 Å². The number of nitrogens with one attached hydrogen (secondary N) is 3. The first-order valence-electron chi connectivity index (χ1n) is 6.92. The van der Waals surface area contributed by atoms with Gasteiger partial charge in [0.05, 0.1) is 11.8 Å². The second kappa shape index (κ2) is 4.85. The number of nitrogens with zero attached hydrogens (tertiary/aromatic N) is 1. The predicted molar refractivity (Wildman–Crippen MR) is 69.7 cm³/mol. The van der Waals surface area contributed by atoms with Crippen LogP contribution in [0.5, 0.6) is 0 Å². The van der Waals surface area contributed by atoms with Crippen molar-refractivity contribution in [1.29, 1.82) is 0 Å². The number of urea groups is 1. The van der Waals surface area contributed by atoms with Crippen molar-refractivity contribution in [2.45, 2.75) is 50.2 Å². The Labute approximate surface area is 112 Å². The highest BCUT2D eigenvalue weighted by molar-refractivity contribution is 5.74. The number of hydrogen-bond acceptors (Lipinski definition) is 3. The van der Waals surface area contributed by atoms with Gasteiger partial charge >= 0.3 is 6.03 Å². The molecule has 1 aromatic rings. The highest BCUT2D eigenvalue weighted by atomic mass is 16.3. The molecule has 1 unspecified atom stereocenters. The summed E-state index contributed by atoms with van der Waals surface area (Å²) >= 11 is 0. The van der Waals surface area contributed by atoms with Crippen molar-refractivity contribution in [3.05, 3.63) is 17.5 Å². The average Bonchev–Trinajstić information content (AvgIpc) is 2.81. The molecule has 4 N–H and O–H groups in total. The van der Waals surface area contributed by atoms with E-state index >= 15 is 0 Å². The van der Waals surface area contributed by atoms with E-state index in [1.54, 1.807) is 0 Å². The van der Waals surface area contributed by atoms with Gasteiger partial charge in [0.2, 0.25) is 0 Å². The molecular weight excluding hydrogens is 244 g/mol. The van der Waals surface area contributed by atoms with Gasteiger partial charge in [-0.3, -0.25) is 5.10 Å². The van der Waals surface area contributed by atoms with E-state index in [2.05, 4.69) is 20.8 Å². The fourth-order valence-corrected chi connectivity index (χ4v) is 2.78. The van der Waals surface area contributed by atoms with Crippen LogP contribution in [0.25, 0.3) is 0 Å². The SMILES string of the molecule is O=C(NCC1(O)CCC1)NC1CCc2[nH]ncc2C1. The lowest BCUT2D eigenvalue weighted by Gasteiger charge is -2.36. The number of aryl methyl sites for hydroxylation is 1. The number of amides is 2. The summed E-state index contributed by atoms with van der Waals surface area (Å²) in [5, 5.41) is 22.6. The minimum absolute atomic E-state index is 0.154. The summed E-state index contributed by atoms with van der Waals surface area (Å²) in [7, 11) is 0. The van der Waals surface area contributed by atoms with Crippen molar-refractivity contribution in [1.82, 2.24) is 20.8 Å². The van der Waals surface area contributed by atoms with Crippen molar-refractivity contribution >= 4 is 6.03 Å². The Bertz CT molecular complexity index is 467. The van der Waals surface area contributed by atoms with Gasteiger partial charge in [-0.15, -0.1) is 0 Å². The van der Waals surface area contributed by atoms with Gasteiger partial charge in [-0.1, -0.05) is 0 Å². The molecule has 2 amide bonds. The fourth-order valence-electron chi connectivity index (χ4n) is 2.78. The van der Waals surface area contributed by atoms with Crippen molar-refractivity contribution in [3.8, 4) is 0 Å². The van der Waals surface area contributed by atoms with E-state index in [9.17, 15) is 9.90 Å². The molecule has 104 valence electrons. The second-order valence-corrected chi connectivity index (χ2v) is 5.72. The third-order valence-electron chi connectivity index (χ3n) is 4.21. The smallest absolute Gasteiger partial charge is 0.315 e. The van der Waals surface area contributed by atoms with Gasteiger partial charge in [-0.25, -0.2) is 4.79 Å². The van der Waals surface area contributed by atoms with E-state index in [0.717, 1.165) is 38.5 Å². The van der Waals surface area contributed by atoms with Crippen molar-refractivity contribution < 1.29 is 9.90 Å². The minimum atomic E-state index is -0.665. The maximum Gasteiger partial charge on any atom is 0.315 e. The summed E-state index contributed by atoms with van der Waals surface area (Å²) < 4.78 is 0. The van der Waals surface area contributed by atoms with Crippen LogP contribution in [0.2, 0.25) is 0 Å². The molecule has 0 spiro atoms. The molecule has 0 bridgehead atoms. The van der Waals surface area contributed by atoms with E-state index in [1.165, 1.54) is 11.3 Å². The molecular formula is C13H20N4O2. The molecule has 1 atom stereocenters. The van der Waals surface area contributed by atoms with E-state index in [-0.39, 0.29) is 12.1 Å². The molecule has 0 aliphatic heterocycles. The summed E-state index contributed by atoms with van der Waals surface area (Å²) in [4.78, 5) is 11.8. The number of aliphatic hydroxyl groups is 1.